The van der Waals surface area contributed by atoms with E-state index in [-0.39, 0.29) is 5.78 Å². The normalized spacial score (nSPS) is 10.6. The van der Waals surface area contributed by atoms with E-state index >= 15 is 0 Å². The minimum atomic E-state index is -0.155. The van der Waals surface area contributed by atoms with Crippen LogP contribution in [0.4, 0.5) is 11.4 Å². The van der Waals surface area contributed by atoms with Crippen LogP contribution < -0.4 is 5.32 Å². The summed E-state index contributed by atoms with van der Waals surface area (Å²) in [5, 5.41) is 5.95. The lowest BCUT2D eigenvalue weighted by Crippen LogP contribution is -2.01. The molecule has 116 valence electrons. The maximum atomic E-state index is 12.5. The Bertz CT molecular complexity index is 873. The Morgan fingerprint density at radius 3 is 2.48 bits per heavy atom. The van der Waals surface area contributed by atoms with Crippen LogP contribution >= 0.6 is 34.5 Å². The molecule has 0 saturated heterocycles. The molecule has 0 aliphatic rings. The monoisotopic (exact) mass is 361 g/mol. The zero-order valence-corrected chi connectivity index (χ0v) is 14.6. The lowest BCUT2D eigenvalue weighted by molar-refractivity contribution is 0.104. The molecule has 0 spiro atoms. The molecule has 1 aromatic heterocycles. The molecule has 0 bridgehead atoms. The molecular formula is C18H13Cl2NOS. The third-order valence-electron chi connectivity index (χ3n) is 3.46. The largest absolute Gasteiger partial charge is 0.355 e. The number of nitrogens with one attached hydrogen (secondary N) is 1. The number of hydrogen-bond acceptors (Lipinski definition) is 3. The van der Waals surface area contributed by atoms with Crippen molar-refractivity contribution < 1.29 is 4.79 Å². The van der Waals surface area contributed by atoms with Gasteiger partial charge in [-0.2, -0.15) is 0 Å². The van der Waals surface area contributed by atoms with Gasteiger partial charge in [-0.3, -0.25) is 4.79 Å². The van der Waals surface area contributed by atoms with E-state index in [1.54, 1.807) is 23.6 Å². The van der Waals surface area contributed by atoms with Gasteiger partial charge in [0.05, 0.1) is 14.9 Å². The fourth-order valence-electron chi connectivity index (χ4n) is 2.22. The highest BCUT2D eigenvalue weighted by molar-refractivity contribution is 7.13. The highest BCUT2D eigenvalue weighted by Gasteiger charge is 2.17. The van der Waals surface area contributed by atoms with Crippen LogP contribution in [0.15, 0.2) is 53.9 Å². The number of carbonyl (C=O) groups is 1. The molecule has 0 unspecified atom stereocenters. The summed E-state index contributed by atoms with van der Waals surface area (Å²) in [6, 6.07) is 15.0. The van der Waals surface area contributed by atoms with E-state index in [9.17, 15) is 4.79 Å². The standard InChI is InChI=1S/C18H13Cl2NOS/c1-11-4-2-3-5-16(11)21-12-6-7-13(15(20)10-12)17(22)18-14(19)8-9-23-18/h2-10,21H,1H3. The highest BCUT2D eigenvalue weighted by atomic mass is 35.5. The maximum absolute atomic E-state index is 12.5. The molecule has 0 saturated carbocycles. The number of aryl methyl sites for hydroxylation is 1. The quantitative estimate of drug-likeness (QED) is 0.549. The van der Waals surface area contributed by atoms with Crippen LogP contribution in [0, 0.1) is 6.92 Å². The Morgan fingerprint density at radius 2 is 1.83 bits per heavy atom. The molecule has 0 radical (unpaired) electrons. The summed E-state index contributed by atoms with van der Waals surface area (Å²) in [4.78, 5) is 13.0. The minimum Gasteiger partial charge on any atom is -0.355 e. The molecule has 0 aliphatic heterocycles. The van der Waals surface area contributed by atoms with Gasteiger partial charge < -0.3 is 5.32 Å². The zero-order valence-electron chi connectivity index (χ0n) is 12.3. The number of para-hydroxylation sites is 1. The van der Waals surface area contributed by atoms with Gasteiger partial charge in [-0.1, -0.05) is 41.4 Å². The molecule has 5 heteroatoms. The predicted molar refractivity (Wildman–Crippen MR) is 98.7 cm³/mol. The van der Waals surface area contributed by atoms with Crippen molar-refractivity contribution >= 4 is 51.7 Å². The summed E-state index contributed by atoms with van der Waals surface area (Å²) in [6.45, 7) is 2.03. The number of benzene rings is 2. The van der Waals surface area contributed by atoms with Gasteiger partial charge in [0.1, 0.15) is 0 Å². The van der Waals surface area contributed by atoms with Crippen molar-refractivity contribution in [2.75, 3.05) is 5.32 Å². The number of halogens is 2. The molecule has 0 amide bonds. The summed E-state index contributed by atoms with van der Waals surface area (Å²) in [7, 11) is 0. The first-order valence-corrected chi connectivity index (χ1v) is 8.59. The SMILES string of the molecule is Cc1ccccc1Nc1ccc(C(=O)c2sccc2Cl)c(Cl)c1. The van der Waals surface area contributed by atoms with E-state index in [1.165, 1.54) is 11.3 Å². The van der Waals surface area contributed by atoms with Gasteiger partial charge in [0.15, 0.2) is 0 Å². The highest BCUT2D eigenvalue weighted by Crippen LogP contribution is 2.30. The molecule has 3 aromatic rings. The van der Waals surface area contributed by atoms with Gasteiger partial charge in [-0.05, 0) is 48.2 Å². The first kappa shape index (κ1) is 16.1. The Kier molecular flexibility index (Phi) is 4.71. The van der Waals surface area contributed by atoms with Gasteiger partial charge in [-0.25, -0.2) is 0 Å². The summed E-state index contributed by atoms with van der Waals surface area (Å²) >= 11 is 13.6. The Morgan fingerprint density at radius 1 is 1.04 bits per heavy atom. The maximum Gasteiger partial charge on any atom is 0.205 e. The second-order valence-electron chi connectivity index (χ2n) is 5.06. The molecule has 0 aliphatic carbocycles. The number of anilines is 2. The predicted octanol–water partition coefficient (Wildman–Crippen LogP) is 6.34. The van der Waals surface area contributed by atoms with Crippen LogP contribution in [-0.2, 0) is 0 Å². The third kappa shape index (κ3) is 3.42. The Balaban J connectivity index is 1.88. The first-order valence-electron chi connectivity index (χ1n) is 6.96. The van der Waals surface area contributed by atoms with Crippen molar-refractivity contribution in [3.8, 4) is 0 Å². The van der Waals surface area contributed by atoms with Gasteiger partial charge in [-0.15, -0.1) is 11.3 Å². The van der Waals surface area contributed by atoms with E-state index in [1.807, 2.05) is 37.3 Å². The van der Waals surface area contributed by atoms with Crippen LogP contribution in [0.3, 0.4) is 0 Å². The number of hydrogen-bond donors (Lipinski definition) is 1. The average molecular weight is 362 g/mol. The molecule has 23 heavy (non-hydrogen) atoms. The van der Waals surface area contributed by atoms with Crippen LogP contribution in [0.1, 0.15) is 20.8 Å². The van der Waals surface area contributed by atoms with E-state index < -0.39 is 0 Å². The van der Waals surface area contributed by atoms with Crippen molar-refractivity contribution in [2.45, 2.75) is 6.92 Å². The molecule has 2 aromatic carbocycles. The van der Waals surface area contributed by atoms with Gasteiger partial charge in [0, 0.05) is 16.9 Å². The lowest BCUT2D eigenvalue weighted by atomic mass is 10.1. The van der Waals surface area contributed by atoms with E-state index in [4.69, 9.17) is 23.2 Å². The third-order valence-corrected chi connectivity index (χ3v) is 5.11. The summed E-state index contributed by atoms with van der Waals surface area (Å²) in [5.41, 5.74) is 3.42. The zero-order chi connectivity index (χ0) is 16.4. The Hall–Kier alpha value is -1.81. The summed E-state index contributed by atoms with van der Waals surface area (Å²) < 4.78 is 0. The van der Waals surface area contributed by atoms with E-state index in [0.29, 0.717) is 20.5 Å². The van der Waals surface area contributed by atoms with E-state index in [2.05, 4.69) is 5.32 Å². The van der Waals surface area contributed by atoms with Gasteiger partial charge in [0.2, 0.25) is 5.78 Å². The van der Waals surface area contributed by atoms with Crippen molar-refractivity contribution in [1.82, 2.24) is 0 Å². The second kappa shape index (κ2) is 6.75. The van der Waals surface area contributed by atoms with Crippen LogP contribution in [-0.4, -0.2) is 5.78 Å². The van der Waals surface area contributed by atoms with Crippen molar-refractivity contribution in [3.05, 3.63) is 80.0 Å². The fourth-order valence-corrected chi connectivity index (χ4v) is 3.59. The number of ketones is 1. The number of thiophene rings is 1. The van der Waals surface area contributed by atoms with Crippen molar-refractivity contribution in [2.24, 2.45) is 0 Å². The van der Waals surface area contributed by atoms with Crippen LogP contribution in [0.25, 0.3) is 0 Å². The van der Waals surface area contributed by atoms with E-state index in [0.717, 1.165) is 16.9 Å². The van der Waals surface area contributed by atoms with Crippen LogP contribution in [0.5, 0.6) is 0 Å². The van der Waals surface area contributed by atoms with Crippen molar-refractivity contribution in [1.29, 1.82) is 0 Å². The summed E-state index contributed by atoms with van der Waals surface area (Å²) in [5.74, 6) is -0.155. The van der Waals surface area contributed by atoms with Crippen LogP contribution in [0.2, 0.25) is 10.0 Å². The number of carbonyl (C=O) groups excluding carboxylic acids is 1. The molecule has 1 heterocycles. The topological polar surface area (TPSA) is 29.1 Å². The molecule has 2 nitrogen and oxygen atoms in total. The van der Waals surface area contributed by atoms with Gasteiger partial charge >= 0.3 is 0 Å². The van der Waals surface area contributed by atoms with Crippen molar-refractivity contribution in [3.63, 3.8) is 0 Å². The number of rotatable bonds is 4. The second-order valence-corrected chi connectivity index (χ2v) is 6.79. The Labute approximate surface area is 148 Å². The molecule has 0 atom stereocenters. The molecular weight excluding hydrogens is 349 g/mol. The first-order chi connectivity index (χ1) is 11.1. The minimum absolute atomic E-state index is 0.155. The molecule has 3 rings (SSSR count). The summed E-state index contributed by atoms with van der Waals surface area (Å²) in [6.07, 6.45) is 0. The fraction of sp³-hybridized carbons (Fsp3) is 0.0556. The molecule has 0 fully saturated rings. The van der Waals surface area contributed by atoms with Gasteiger partial charge in [0.25, 0.3) is 0 Å². The smallest absolute Gasteiger partial charge is 0.205 e. The molecule has 1 N–H and O–H groups in total. The average Bonchev–Trinajstić information content (AvgIpc) is 2.95. The lowest BCUT2D eigenvalue weighted by Gasteiger charge is -2.11.